The zero-order chi connectivity index (χ0) is 54.9. The molecule has 0 radical (unpaired) electrons. The Morgan fingerprint density at radius 2 is 1.17 bits per heavy atom. The second kappa shape index (κ2) is 24.1. The smallest absolute Gasteiger partial charge is 0.420 e. The fraction of sp³-hybridized carbons (Fsp3) is 0.380. The van der Waals surface area contributed by atoms with E-state index in [9.17, 15) is 55.1 Å². The van der Waals surface area contributed by atoms with Gasteiger partial charge in [-0.25, -0.2) is 28.7 Å². The molecule has 0 N–H and O–H groups in total. The number of hydrogen-bond donors (Lipinski definition) is 0. The SMILES string of the molecule is CCCn1c(=O)c2c(n(CC)c1=O)C=C(c1cnn(Cc3cccc(C(F)(F)F)c3)c1)C2.CCCn1c(=O)c2c(nc(-c3cnn(Cc4cccc(C(F)(F)F)c4)c3)n2C(=O)OCC)n(CC)c1=O.CCOC(=O)Cl. The van der Waals surface area contributed by atoms with E-state index in [1.54, 1.807) is 54.5 Å². The quantitative estimate of drug-likeness (QED) is 0.0746. The number of carbonyl (C=O) groups is 2. The Hall–Kier alpha value is -7.76. The van der Waals surface area contributed by atoms with Crippen molar-refractivity contribution in [3.8, 4) is 11.4 Å². The van der Waals surface area contributed by atoms with Crippen LogP contribution in [0.3, 0.4) is 0 Å². The third kappa shape index (κ3) is 12.8. The van der Waals surface area contributed by atoms with Crippen LogP contribution in [0.15, 0.2) is 92.5 Å². The van der Waals surface area contributed by atoms with Gasteiger partial charge in [0.2, 0.25) is 0 Å². The minimum absolute atomic E-state index is 0.0204. The third-order valence-corrected chi connectivity index (χ3v) is 11.7. The zero-order valence-electron chi connectivity index (χ0n) is 41.7. The molecule has 8 rings (SSSR count). The van der Waals surface area contributed by atoms with Gasteiger partial charge in [0.1, 0.15) is 0 Å². The van der Waals surface area contributed by atoms with Crippen LogP contribution < -0.4 is 22.5 Å². The second-order valence-electron chi connectivity index (χ2n) is 16.7. The predicted molar refractivity (Wildman–Crippen MR) is 267 cm³/mol. The first kappa shape index (κ1) is 56.5. The summed E-state index contributed by atoms with van der Waals surface area (Å²) < 4.78 is 96.7. The van der Waals surface area contributed by atoms with E-state index in [1.165, 1.54) is 38.3 Å². The van der Waals surface area contributed by atoms with Crippen molar-refractivity contribution in [2.45, 2.75) is 112 Å². The molecule has 0 unspecified atom stereocenters. The van der Waals surface area contributed by atoms with E-state index in [1.807, 2.05) is 26.8 Å². The lowest BCUT2D eigenvalue weighted by atomic mass is 10.1. The molecule has 400 valence electrons. The molecule has 0 spiro atoms. The van der Waals surface area contributed by atoms with Crippen LogP contribution >= 0.6 is 11.6 Å². The molecule has 0 atom stereocenters. The number of aryl methyl sites for hydroxylation is 1. The molecule has 25 heteroatoms. The standard InChI is InChI=1S/C24H25F3N6O4.C23H23F3N4O2.C3H5ClO2/c1-4-10-32-21(34)18-20(31(5-2)22(32)35)29-19(33(18)23(36)37-6-3)16-12-28-30(14-16)13-15-8-7-9-17(11-15)24(25,26)27;1-3-8-30-21(31)19-10-16(11-20(19)29(4-2)22(30)32)17-12-27-28(14-17)13-15-6-5-7-18(9-15)23(24,25)26;1-2-6-3(4)5/h7-9,11-12,14H,4-6,10,13H2,1-3H3;5-7,9,11-12,14H,3-4,8,10,13H2,1-2H3;2H2,1H3. The summed E-state index contributed by atoms with van der Waals surface area (Å²) >= 11 is 4.72. The Balaban J connectivity index is 0.000000222. The zero-order valence-corrected chi connectivity index (χ0v) is 42.4. The first-order chi connectivity index (χ1) is 35.6. The molecule has 18 nitrogen and oxygen atoms in total. The number of alkyl halides is 6. The number of rotatable bonds is 14. The molecule has 0 aliphatic heterocycles. The highest BCUT2D eigenvalue weighted by atomic mass is 35.5. The van der Waals surface area contributed by atoms with Gasteiger partial charge < -0.3 is 9.47 Å². The average molecular weight is 1070 g/mol. The minimum Gasteiger partial charge on any atom is -0.454 e. The Morgan fingerprint density at radius 1 is 0.667 bits per heavy atom. The van der Waals surface area contributed by atoms with Crippen molar-refractivity contribution in [3.05, 3.63) is 154 Å². The topological polar surface area (TPSA) is 194 Å². The Bertz CT molecular complexity index is 3490. The first-order valence-corrected chi connectivity index (χ1v) is 24.2. The van der Waals surface area contributed by atoms with Crippen molar-refractivity contribution in [2.24, 2.45) is 0 Å². The monoisotopic (exact) mass is 1070 g/mol. The summed E-state index contributed by atoms with van der Waals surface area (Å²) in [4.78, 5) is 78.9. The molecule has 0 saturated heterocycles. The summed E-state index contributed by atoms with van der Waals surface area (Å²) in [6, 6.07) is 10.0. The summed E-state index contributed by atoms with van der Waals surface area (Å²) in [5, 5.41) is 8.49. The summed E-state index contributed by atoms with van der Waals surface area (Å²) in [6.45, 7) is 12.4. The summed E-state index contributed by atoms with van der Waals surface area (Å²) in [7, 11) is 0. The van der Waals surface area contributed by atoms with Gasteiger partial charge in [0.05, 0.1) is 61.1 Å². The Kier molecular flexibility index (Phi) is 18.1. The Morgan fingerprint density at radius 3 is 1.65 bits per heavy atom. The van der Waals surface area contributed by atoms with Gasteiger partial charge in [0.15, 0.2) is 17.0 Å². The number of hydrogen-bond acceptors (Lipinski definition) is 11. The van der Waals surface area contributed by atoms with Crippen LogP contribution in [-0.4, -0.2) is 72.1 Å². The fourth-order valence-electron chi connectivity index (χ4n) is 8.29. The average Bonchev–Trinajstić information content (AvgIpc) is 4.19. The van der Waals surface area contributed by atoms with Crippen molar-refractivity contribution in [1.82, 2.24) is 47.4 Å². The molecule has 2 aromatic carbocycles. The van der Waals surface area contributed by atoms with E-state index in [2.05, 4.69) is 19.9 Å². The normalized spacial score (nSPS) is 12.1. The fourth-order valence-corrected chi connectivity index (χ4v) is 8.40. The highest BCUT2D eigenvalue weighted by Crippen LogP contribution is 2.32. The molecule has 0 saturated carbocycles. The van der Waals surface area contributed by atoms with Crippen LogP contribution in [0.1, 0.15) is 93.5 Å². The van der Waals surface area contributed by atoms with Gasteiger partial charge in [-0.3, -0.25) is 37.2 Å². The maximum atomic E-state index is 13.3. The molecule has 1 aliphatic carbocycles. The number of benzene rings is 2. The van der Waals surface area contributed by atoms with Crippen molar-refractivity contribution >= 4 is 45.9 Å². The number of imidazole rings is 1. The lowest BCUT2D eigenvalue weighted by Gasteiger charge is -2.12. The summed E-state index contributed by atoms with van der Waals surface area (Å²) in [5.41, 5.74) is -0.0840. The van der Waals surface area contributed by atoms with Gasteiger partial charge in [-0.05, 0) is 87.6 Å². The van der Waals surface area contributed by atoms with Gasteiger partial charge in [-0.2, -0.15) is 36.5 Å². The van der Waals surface area contributed by atoms with Crippen LogP contribution in [-0.2, 0) is 67.5 Å². The highest BCUT2D eigenvalue weighted by Gasteiger charge is 2.32. The number of allylic oxidation sites excluding steroid dienone is 1. The van der Waals surface area contributed by atoms with Crippen molar-refractivity contribution in [2.75, 3.05) is 13.2 Å². The number of carbonyl (C=O) groups excluding carboxylic acids is 2. The predicted octanol–water partition coefficient (Wildman–Crippen LogP) is 8.91. The molecule has 7 aromatic rings. The van der Waals surface area contributed by atoms with Gasteiger partial charge in [0.25, 0.3) is 11.1 Å². The lowest BCUT2D eigenvalue weighted by molar-refractivity contribution is -0.138. The number of ether oxygens (including phenoxy) is 2. The van der Waals surface area contributed by atoms with Crippen LogP contribution in [0.2, 0.25) is 0 Å². The maximum absolute atomic E-state index is 13.3. The van der Waals surface area contributed by atoms with Crippen LogP contribution in [0.25, 0.3) is 34.2 Å². The molecule has 0 fully saturated rings. The number of fused-ring (bicyclic) bond motifs is 2. The molecule has 0 amide bonds. The van der Waals surface area contributed by atoms with Crippen molar-refractivity contribution < 1.29 is 45.4 Å². The molecule has 75 heavy (non-hydrogen) atoms. The van der Waals surface area contributed by atoms with Crippen LogP contribution in [0, 0.1) is 0 Å². The second-order valence-corrected chi connectivity index (χ2v) is 17.0. The van der Waals surface area contributed by atoms with Gasteiger partial charge >= 0.3 is 35.3 Å². The number of halogens is 7. The van der Waals surface area contributed by atoms with E-state index in [-0.39, 0.29) is 61.0 Å². The summed E-state index contributed by atoms with van der Waals surface area (Å²) in [6.07, 6.45) is -0.0567. The third-order valence-electron chi connectivity index (χ3n) is 11.6. The maximum Gasteiger partial charge on any atom is 0.420 e. The molecule has 5 aromatic heterocycles. The van der Waals surface area contributed by atoms with E-state index in [0.29, 0.717) is 66.9 Å². The highest BCUT2D eigenvalue weighted by molar-refractivity contribution is 6.61. The van der Waals surface area contributed by atoms with E-state index < -0.39 is 46.3 Å². The van der Waals surface area contributed by atoms with Crippen LogP contribution in [0.4, 0.5) is 35.9 Å². The van der Waals surface area contributed by atoms with Gasteiger partial charge in [-0.15, -0.1) is 0 Å². The number of nitrogens with zero attached hydrogens (tertiary/aromatic N) is 10. The first-order valence-electron chi connectivity index (χ1n) is 23.8. The van der Waals surface area contributed by atoms with Gasteiger partial charge in [0, 0.05) is 67.7 Å². The lowest BCUT2D eigenvalue weighted by Crippen LogP contribution is -2.42. The molecule has 5 heterocycles. The number of aromatic nitrogens is 10. The van der Waals surface area contributed by atoms with Crippen molar-refractivity contribution in [3.63, 3.8) is 0 Å². The minimum atomic E-state index is -4.48. The molecule has 0 bridgehead atoms. The largest absolute Gasteiger partial charge is 0.454 e. The molecular formula is C50H53ClF6N10O8. The van der Waals surface area contributed by atoms with Gasteiger partial charge in [-0.1, -0.05) is 38.1 Å². The van der Waals surface area contributed by atoms with E-state index in [0.717, 1.165) is 44.5 Å². The van der Waals surface area contributed by atoms with Crippen LogP contribution in [0.5, 0.6) is 0 Å². The Labute approximate surface area is 428 Å². The summed E-state index contributed by atoms with van der Waals surface area (Å²) in [5.74, 6) is 0.0247. The van der Waals surface area contributed by atoms with E-state index >= 15 is 0 Å². The van der Waals surface area contributed by atoms with Crippen molar-refractivity contribution in [1.29, 1.82) is 0 Å². The van der Waals surface area contributed by atoms with E-state index in [4.69, 9.17) is 16.3 Å². The molecular weight excluding hydrogens is 1020 g/mol. The molecule has 1 aliphatic rings.